The normalized spacial score (nSPS) is 11.0. The number of aryl methyl sites for hydroxylation is 4. The quantitative estimate of drug-likeness (QED) is 0.476. The molecule has 0 saturated heterocycles. The van der Waals surface area contributed by atoms with E-state index >= 15 is 0 Å². The summed E-state index contributed by atoms with van der Waals surface area (Å²) in [6.07, 6.45) is 2.76. The Labute approximate surface area is 135 Å². The molecule has 0 bridgehead atoms. The van der Waals surface area contributed by atoms with Gasteiger partial charge in [-0.25, -0.2) is 4.79 Å². The molecule has 0 amide bonds. The van der Waals surface area contributed by atoms with Crippen LogP contribution in [0.1, 0.15) is 38.6 Å². The minimum atomic E-state index is -0.575. The van der Waals surface area contributed by atoms with E-state index in [1.165, 1.54) is 12.2 Å². The summed E-state index contributed by atoms with van der Waals surface area (Å²) in [6, 6.07) is 7.35. The summed E-state index contributed by atoms with van der Waals surface area (Å²) in [5.41, 5.74) is 3.65. The van der Waals surface area contributed by atoms with Crippen LogP contribution in [0.2, 0.25) is 0 Å². The van der Waals surface area contributed by atoms with Gasteiger partial charge in [-0.15, -0.1) is 0 Å². The van der Waals surface area contributed by atoms with Crippen molar-refractivity contribution < 1.29 is 18.7 Å². The molecular formula is C19H20O4. The second kappa shape index (κ2) is 7.09. The van der Waals surface area contributed by atoms with Crippen molar-refractivity contribution >= 4 is 17.8 Å². The third-order valence-electron chi connectivity index (χ3n) is 3.63. The number of rotatable bonds is 5. The van der Waals surface area contributed by atoms with Gasteiger partial charge in [0.05, 0.1) is 0 Å². The molecule has 2 aromatic rings. The van der Waals surface area contributed by atoms with Crippen LogP contribution in [0.3, 0.4) is 0 Å². The molecule has 0 atom stereocenters. The van der Waals surface area contributed by atoms with Gasteiger partial charge in [0.2, 0.25) is 5.78 Å². The first-order valence-corrected chi connectivity index (χ1v) is 7.39. The SMILES string of the molecule is Cc1ccc(/C=C/C(=O)OCC(=O)c2cc(C)c(C)cc2C)o1. The molecule has 23 heavy (non-hydrogen) atoms. The average Bonchev–Trinajstić information content (AvgIpc) is 2.92. The third-order valence-corrected chi connectivity index (χ3v) is 3.63. The standard InChI is InChI=1S/C19H20O4/c1-12-9-14(3)17(10-13(12)2)18(20)11-22-19(21)8-7-16-6-5-15(4)23-16/h5-10H,11H2,1-4H3/b8-7+. The number of furan rings is 1. The van der Waals surface area contributed by atoms with Gasteiger partial charge in [-0.3, -0.25) is 4.79 Å². The molecule has 0 saturated carbocycles. The minimum Gasteiger partial charge on any atom is -0.462 e. The Morgan fingerprint density at radius 3 is 2.39 bits per heavy atom. The van der Waals surface area contributed by atoms with E-state index in [-0.39, 0.29) is 12.4 Å². The molecule has 0 fully saturated rings. The summed E-state index contributed by atoms with van der Waals surface area (Å²) in [4.78, 5) is 23.9. The maximum absolute atomic E-state index is 12.2. The minimum absolute atomic E-state index is 0.207. The van der Waals surface area contributed by atoms with Crippen LogP contribution in [0, 0.1) is 27.7 Å². The van der Waals surface area contributed by atoms with Gasteiger partial charge < -0.3 is 9.15 Å². The van der Waals surface area contributed by atoms with Gasteiger partial charge in [0.1, 0.15) is 11.5 Å². The van der Waals surface area contributed by atoms with Crippen molar-refractivity contribution in [1.82, 2.24) is 0 Å². The maximum Gasteiger partial charge on any atom is 0.331 e. The van der Waals surface area contributed by atoms with Crippen molar-refractivity contribution in [3.63, 3.8) is 0 Å². The lowest BCUT2D eigenvalue weighted by atomic mass is 9.98. The van der Waals surface area contributed by atoms with Gasteiger partial charge in [0.25, 0.3) is 0 Å². The van der Waals surface area contributed by atoms with Crippen LogP contribution in [0.15, 0.2) is 34.8 Å². The summed E-state index contributed by atoms with van der Waals surface area (Å²) in [5.74, 6) is 0.546. The van der Waals surface area contributed by atoms with Crippen molar-refractivity contribution in [2.75, 3.05) is 6.61 Å². The highest BCUT2D eigenvalue weighted by Gasteiger charge is 2.12. The lowest BCUT2D eigenvalue weighted by Gasteiger charge is -2.09. The Balaban J connectivity index is 1.95. The first-order valence-electron chi connectivity index (χ1n) is 7.39. The highest BCUT2D eigenvalue weighted by atomic mass is 16.5. The molecule has 0 unspecified atom stereocenters. The van der Waals surface area contributed by atoms with E-state index in [1.54, 1.807) is 12.1 Å². The summed E-state index contributed by atoms with van der Waals surface area (Å²) in [6.45, 7) is 7.37. The molecule has 2 rings (SSSR count). The molecule has 4 heteroatoms. The molecule has 0 aliphatic heterocycles. The second-order valence-electron chi connectivity index (χ2n) is 5.56. The van der Waals surface area contributed by atoms with Crippen LogP contribution in [0.25, 0.3) is 6.08 Å². The van der Waals surface area contributed by atoms with E-state index < -0.39 is 5.97 Å². The fourth-order valence-electron chi connectivity index (χ4n) is 2.22. The summed E-state index contributed by atoms with van der Waals surface area (Å²) in [5, 5.41) is 0. The molecule has 1 heterocycles. The van der Waals surface area contributed by atoms with Crippen molar-refractivity contribution in [2.45, 2.75) is 27.7 Å². The van der Waals surface area contributed by atoms with Crippen LogP contribution in [-0.4, -0.2) is 18.4 Å². The van der Waals surface area contributed by atoms with E-state index in [4.69, 9.17) is 9.15 Å². The van der Waals surface area contributed by atoms with Gasteiger partial charge in [0.15, 0.2) is 6.61 Å². The van der Waals surface area contributed by atoms with E-state index in [1.807, 2.05) is 39.8 Å². The van der Waals surface area contributed by atoms with Gasteiger partial charge in [-0.05, 0) is 68.7 Å². The lowest BCUT2D eigenvalue weighted by molar-refractivity contribution is -0.136. The number of carbonyl (C=O) groups excluding carboxylic acids is 2. The van der Waals surface area contributed by atoms with Crippen LogP contribution in [0.4, 0.5) is 0 Å². The van der Waals surface area contributed by atoms with E-state index in [9.17, 15) is 9.59 Å². The summed E-state index contributed by atoms with van der Waals surface area (Å²) < 4.78 is 10.3. The maximum atomic E-state index is 12.2. The Bertz CT molecular complexity index is 766. The third kappa shape index (κ3) is 4.42. The molecule has 0 aliphatic carbocycles. The van der Waals surface area contributed by atoms with Crippen LogP contribution in [-0.2, 0) is 9.53 Å². The Kier molecular flexibility index (Phi) is 5.16. The van der Waals surface area contributed by atoms with Gasteiger partial charge in [-0.1, -0.05) is 6.07 Å². The van der Waals surface area contributed by atoms with Crippen LogP contribution in [0.5, 0.6) is 0 Å². The molecule has 1 aromatic heterocycles. The smallest absolute Gasteiger partial charge is 0.331 e. The monoisotopic (exact) mass is 312 g/mol. The largest absolute Gasteiger partial charge is 0.462 e. The molecule has 0 radical (unpaired) electrons. The molecule has 4 nitrogen and oxygen atoms in total. The Morgan fingerprint density at radius 2 is 1.74 bits per heavy atom. The van der Waals surface area contributed by atoms with E-state index in [2.05, 4.69) is 0 Å². The van der Waals surface area contributed by atoms with E-state index in [0.29, 0.717) is 11.3 Å². The first-order chi connectivity index (χ1) is 10.9. The average molecular weight is 312 g/mol. The zero-order valence-electron chi connectivity index (χ0n) is 13.8. The second-order valence-corrected chi connectivity index (χ2v) is 5.56. The highest BCUT2D eigenvalue weighted by molar-refractivity contribution is 6.00. The summed E-state index contributed by atoms with van der Waals surface area (Å²) >= 11 is 0. The molecule has 120 valence electrons. The molecule has 1 aromatic carbocycles. The van der Waals surface area contributed by atoms with Crippen molar-refractivity contribution in [2.24, 2.45) is 0 Å². The first kappa shape index (κ1) is 16.7. The molecule has 0 spiro atoms. The van der Waals surface area contributed by atoms with Crippen molar-refractivity contribution in [1.29, 1.82) is 0 Å². The predicted octanol–water partition coefficient (Wildman–Crippen LogP) is 3.95. The molecule has 0 aliphatic rings. The van der Waals surface area contributed by atoms with Crippen LogP contribution < -0.4 is 0 Å². The predicted molar refractivity (Wildman–Crippen MR) is 88.4 cm³/mol. The zero-order chi connectivity index (χ0) is 17.0. The number of benzene rings is 1. The zero-order valence-corrected chi connectivity index (χ0v) is 13.8. The van der Waals surface area contributed by atoms with Crippen LogP contribution >= 0.6 is 0 Å². The number of esters is 1. The van der Waals surface area contributed by atoms with Gasteiger partial charge in [0, 0.05) is 11.6 Å². The number of ether oxygens (including phenoxy) is 1. The van der Waals surface area contributed by atoms with Gasteiger partial charge in [-0.2, -0.15) is 0 Å². The number of Topliss-reactive ketones (excluding diaryl/α,β-unsaturated/α-hetero) is 1. The van der Waals surface area contributed by atoms with Crippen molar-refractivity contribution in [3.8, 4) is 0 Å². The van der Waals surface area contributed by atoms with Crippen molar-refractivity contribution in [3.05, 3.63) is 64.1 Å². The fourth-order valence-corrected chi connectivity index (χ4v) is 2.22. The lowest BCUT2D eigenvalue weighted by Crippen LogP contribution is -2.14. The number of carbonyl (C=O) groups is 2. The fraction of sp³-hybridized carbons (Fsp3) is 0.263. The topological polar surface area (TPSA) is 56.5 Å². The molecule has 0 N–H and O–H groups in total. The van der Waals surface area contributed by atoms with Gasteiger partial charge >= 0.3 is 5.97 Å². The molecular weight excluding hydrogens is 292 g/mol. The number of hydrogen-bond donors (Lipinski definition) is 0. The summed E-state index contributed by atoms with van der Waals surface area (Å²) in [7, 11) is 0. The van der Waals surface area contributed by atoms with E-state index in [0.717, 1.165) is 22.5 Å². The number of hydrogen-bond acceptors (Lipinski definition) is 4. The highest BCUT2D eigenvalue weighted by Crippen LogP contribution is 2.16. The number of ketones is 1. The Hall–Kier alpha value is -2.62. The Morgan fingerprint density at radius 1 is 1.04 bits per heavy atom.